The molecular formula is C6H4BrF3N2O2S. The van der Waals surface area contributed by atoms with Crippen molar-refractivity contribution in [3.05, 3.63) is 22.2 Å². The lowest BCUT2D eigenvalue weighted by atomic mass is 10.3. The van der Waals surface area contributed by atoms with E-state index in [1.807, 2.05) is 0 Å². The lowest BCUT2D eigenvalue weighted by molar-refractivity contribution is 0.141. The van der Waals surface area contributed by atoms with Gasteiger partial charge in [-0.3, -0.25) is 0 Å². The summed E-state index contributed by atoms with van der Waals surface area (Å²) in [7, 11) is -4.42. The SMILES string of the molecule is NS(=O)(=O)c1cc(F)c(Br)nc1C(F)F. The first kappa shape index (κ1) is 12.4. The minimum atomic E-state index is -4.42. The molecule has 15 heavy (non-hydrogen) atoms. The Kier molecular flexibility index (Phi) is 3.36. The van der Waals surface area contributed by atoms with Crippen molar-refractivity contribution in [3.63, 3.8) is 0 Å². The van der Waals surface area contributed by atoms with Gasteiger partial charge in [0.1, 0.15) is 15.2 Å². The van der Waals surface area contributed by atoms with Gasteiger partial charge in [0.25, 0.3) is 6.43 Å². The molecule has 0 aromatic carbocycles. The van der Waals surface area contributed by atoms with Crippen LogP contribution in [0.15, 0.2) is 15.6 Å². The lowest BCUT2D eigenvalue weighted by Gasteiger charge is -2.06. The van der Waals surface area contributed by atoms with Crippen LogP contribution < -0.4 is 5.14 Å². The molecule has 1 aromatic rings. The van der Waals surface area contributed by atoms with Gasteiger partial charge < -0.3 is 0 Å². The molecule has 1 aromatic heterocycles. The van der Waals surface area contributed by atoms with Gasteiger partial charge in [-0.25, -0.2) is 31.7 Å². The van der Waals surface area contributed by atoms with Crippen molar-refractivity contribution in [1.82, 2.24) is 4.98 Å². The molecule has 0 radical (unpaired) electrons. The fraction of sp³-hybridized carbons (Fsp3) is 0.167. The predicted octanol–water partition coefficient (Wildman–Crippen LogP) is 1.57. The van der Waals surface area contributed by atoms with Gasteiger partial charge in [-0.15, -0.1) is 0 Å². The Labute approximate surface area is 91.5 Å². The molecule has 0 unspecified atom stereocenters. The van der Waals surface area contributed by atoms with E-state index in [9.17, 15) is 21.6 Å². The van der Waals surface area contributed by atoms with Gasteiger partial charge in [-0.1, -0.05) is 0 Å². The van der Waals surface area contributed by atoms with E-state index < -0.39 is 37.5 Å². The molecule has 0 aliphatic carbocycles. The topological polar surface area (TPSA) is 73.1 Å². The van der Waals surface area contributed by atoms with Gasteiger partial charge in [0.05, 0.1) is 0 Å². The van der Waals surface area contributed by atoms with Crippen molar-refractivity contribution in [2.45, 2.75) is 11.3 Å². The third kappa shape index (κ3) is 2.67. The summed E-state index contributed by atoms with van der Waals surface area (Å²) in [5.74, 6) is -1.08. The largest absolute Gasteiger partial charge is 0.281 e. The summed E-state index contributed by atoms with van der Waals surface area (Å²) in [4.78, 5) is 2.06. The zero-order chi connectivity index (χ0) is 11.8. The fourth-order valence-corrected chi connectivity index (χ4v) is 1.85. The van der Waals surface area contributed by atoms with Crippen LogP contribution in [-0.4, -0.2) is 13.4 Å². The average molecular weight is 305 g/mol. The average Bonchev–Trinajstić information content (AvgIpc) is 2.06. The van der Waals surface area contributed by atoms with Crippen LogP contribution in [0.1, 0.15) is 12.1 Å². The maximum absolute atomic E-state index is 12.9. The second kappa shape index (κ2) is 4.06. The molecule has 0 saturated carbocycles. The van der Waals surface area contributed by atoms with Crippen LogP contribution in [0.5, 0.6) is 0 Å². The number of primary sulfonamides is 1. The Morgan fingerprint density at radius 3 is 2.40 bits per heavy atom. The molecule has 0 aliphatic heterocycles. The molecule has 2 N–H and O–H groups in total. The minimum absolute atomic E-state index is 0.397. The van der Waals surface area contributed by atoms with Crippen molar-refractivity contribution in [2.75, 3.05) is 0 Å². The van der Waals surface area contributed by atoms with Crippen LogP contribution in [0.25, 0.3) is 0 Å². The Morgan fingerprint density at radius 1 is 1.47 bits per heavy atom. The molecule has 9 heteroatoms. The quantitative estimate of drug-likeness (QED) is 0.843. The highest BCUT2D eigenvalue weighted by Gasteiger charge is 2.24. The van der Waals surface area contributed by atoms with E-state index in [-0.39, 0.29) is 0 Å². The third-order valence-corrected chi connectivity index (χ3v) is 2.94. The van der Waals surface area contributed by atoms with E-state index in [0.717, 1.165) is 0 Å². The number of hydrogen-bond donors (Lipinski definition) is 1. The maximum atomic E-state index is 12.9. The molecule has 0 saturated heterocycles. The number of rotatable bonds is 2. The van der Waals surface area contributed by atoms with Gasteiger partial charge in [-0.05, 0) is 22.0 Å². The monoisotopic (exact) mass is 304 g/mol. The van der Waals surface area contributed by atoms with Crippen LogP contribution in [0, 0.1) is 5.82 Å². The van der Waals surface area contributed by atoms with E-state index in [2.05, 4.69) is 26.1 Å². The second-order valence-corrected chi connectivity index (χ2v) is 4.77. The second-order valence-electron chi connectivity index (χ2n) is 2.49. The standard InChI is InChI=1S/C6H4BrF3N2O2S/c7-5-2(8)1-3(15(11,13)14)4(12-5)6(9)10/h1,6H,(H2,11,13,14). The van der Waals surface area contributed by atoms with Crippen molar-refractivity contribution >= 4 is 26.0 Å². The number of nitrogens with zero attached hydrogens (tertiary/aromatic N) is 1. The Balaban J connectivity index is 3.56. The third-order valence-electron chi connectivity index (χ3n) is 1.44. The minimum Gasteiger partial charge on any atom is -0.235 e. The summed E-state index contributed by atoms with van der Waals surface area (Å²) in [6.45, 7) is 0. The van der Waals surface area contributed by atoms with Crippen LogP contribution in [0.2, 0.25) is 0 Å². The molecule has 0 spiro atoms. The Morgan fingerprint density at radius 2 is 2.00 bits per heavy atom. The van der Waals surface area contributed by atoms with Crippen LogP contribution in [-0.2, 0) is 10.0 Å². The summed E-state index contributed by atoms with van der Waals surface area (Å²) in [5, 5.41) is 4.63. The summed E-state index contributed by atoms with van der Waals surface area (Å²) in [6, 6.07) is 0.397. The highest BCUT2D eigenvalue weighted by atomic mass is 79.9. The number of alkyl halides is 2. The summed E-state index contributed by atoms with van der Waals surface area (Å²) in [6.07, 6.45) is -3.16. The molecule has 4 nitrogen and oxygen atoms in total. The van der Waals surface area contributed by atoms with Gasteiger partial charge in [0.2, 0.25) is 10.0 Å². The lowest BCUT2D eigenvalue weighted by Crippen LogP contribution is -2.16. The first-order valence-electron chi connectivity index (χ1n) is 3.40. The highest BCUT2D eigenvalue weighted by molar-refractivity contribution is 9.10. The molecule has 0 aliphatic rings. The van der Waals surface area contributed by atoms with Crippen LogP contribution >= 0.6 is 15.9 Å². The Bertz CT molecular complexity index is 491. The van der Waals surface area contributed by atoms with Crippen LogP contribution in [0.4, 0.5) is 13.2 Å². The molecule has 1 rings (SSSR count). The van der Waals surface area contributed by atoms with Crippen molar-refractivity contribution in [3.8, 4) is 0 Å². The van der Waals surface area contributed by atoms with E-state index in [1.165, 1.54) is 0 Å². The fourth-order valence-electron chi connectivity index (χ4n) is 0.847. The van der Waals surface area contributed by atoms with Gasteiger partial charge >= 0.3 is 0 Å². The molecule has 0 bridgehead atoms. The number of aromatic nitrogens is 1. The number of halogens is 4. The van der Waals surface area contributed by atoms with Crippen molar-refractivity contribution in [1.29, 1.82) is 0 Å². The molecular weight excluding hydrogens is 301 g/mol. The van der Waals surface area contributed by atoms with E-state index in [4.69, 9.17) is 0 Å². The molecule has 1 heterocycles. The summed E-state index contributed by atoms with van der Waals surface area (Å²) in [5.41, 5.74) is -1.08. The summed E-state index contributed by atoms with van der Waals surface area (Å²) < 4.78 is 58.8. The summed E-state index contributed by atoms with van der Waals surface area (Å²) >= 11 is 2.56. The van der Waals surface area contributed by atoms with Gasteiger partial charge in [-0.2, -0.15) is 0 Å². The number of pyridine rings is 1. The zero-order valence-corrected chi connectivity index (χ0v) is 9.32. The highest BCUT2D eigenvalue weighted by Crippen LogP contribution is 2.27. The zero-order valence-electron chi connectivity index (χ0n) is 6.92. The number of hydrogen-bond acceptors (Lipinski definition) is 3. The maximum Gasteiger partial charge on any atom is 0.281 e. The van der Waals surface area contributed by atoms with E-state index >= 15 is 0 Å². The molecule has 0 amide bonds. The first-order valence-corrected chi connectivity index (χ1v) is 5.74. The predicted molar refractivity (Wildman–Crippen MR) is 48.2 cm³/mol. The number of sulfonamides is 1. The Hall–Kier alpha value is -0.670. The van der Waals surface area contributed by atoms with Gasteiger partial charge in [0.15, 0.2) is 5.82 Å². The van der Waals surface area contributed by atoms with Crippen molar-refractivity contribution in [2.24, 2.45) is 5.14 Å². The van der Waals surface area contributed by atoms with Crippen molar-refractivity contribution < 1.29 is 21.6 Å². The number of nitrogens with two attached hydrogens (primary N) is 1. The molecule has 0 fully saturated rings. The molecule has 84 valence electrons. The molecule has 0 atom stereocenters. The normalized spacial score (nSPS) is 12.1. The smallest absolute Gasteiger partial charge is 0.235 e. The van der Waals surface area contributed by atoms with E-state index in [1.54, 1.807) is 0 Å². The first-order chi connectivity index (χ1) is 6.73. The van der Waals surface area contributed by atoms with Gasteiger partial charge in [0, 0.05) is 0 Å². The van der Waals surface area contributed by atoms with E-state index in [0.29, 0.717) is 6.07 Å². The van der Waals surface area contributed by atoms with Crippen LogP contribution in [0.3, 0.4) is 0 Å².